The van der Waals surface area contributed by atoms with E-state index in [0.29, 0.717) is 15.6 Å². The average Bonchev–Trinajstić information content (AvgIpc) is 3.29. The van der Waals surface area contributed by atoms with Crippen molar-refractivity contribution in [3.8, 4) is 0 Å². The number of carbonyl (C=O) groups excluding carboxylic acids is 4. The van der Waals surface area contributed by atoms with Crippen LogP contribution in [0.4, 0.5) is 13.6 Å². The Hall–Kier alpha value is -2.75. The Kier molecular flexibility index (Phi) is 13.7. The van der Waals surface area contributed by atoms with Crippen molar-refractivity contribution in [1.29, 1.82) is 0 Å². The lowest BCUT2D eigenvalue weighted by molar-refractivity contribution is -0.144. The highest BCUT2D eigenvalue weighted by molar-refractivity contribution is 7.88. The van der Waals surface area contributed by atoms with Gasteiger partial charge in [0.25, 0.3) is 0 Å². The van der Waals surface area contributed by atoms with Crippen LogP contribution in [-0.4, -0.2) is 105 Å². The van der Waals surface area contributed by atoms with Gasteiger partial charge in [-0.25, -0.2) is 26.3 Å². The van der Waals surface area contributed by atoms with E-state index in [2.05, 4.69) is 21.3 Å². The van der Waals surface area contributed by atoms with E-state index in [4.69, 9.17) is 23.2 Å². The van der Waals surface area contributed by atoms with E-state index in [9.17, 15) is 36.4 Å². The van der Waals surface area contributed by atoms with Crippen LogP contribution in [0.15, 0.2) is 18.2 Å². The van der Waals surface area contributed by atoms with Gasteiger partial charge < -0.3 is 26.2 Å². The second-order valence-electron chi connectivity index (χ2n) is 16.7. The number of nitrogens with one attached hydrogen (secondary N) is 4. The topological polar surface area (TPSA) is 157 Å². The molecule has 0 aromatic heterocycles. The highest BCUT2D eigenvalue weighted by Crippen LogP contribution is 2.65. The molecule has 52 heavy (non-hydrogen) atoms. The Bertz CT molecular complexity index is 1600. The number of piperidine rings is 1. The molecule has 0 bridgehead atoms. The van der Waals surface area contributed by atoms with Gasteiger partial charge in [0.15, 0.2) is 0 Å². The molecule has 4 N–H and O–H groups in total. The van der Waals surface area contributed by atoms with Crippen molar-refractivity contribution in [3.63, 3.8) is 0 Å². The van der Waals surface area contributed by atoms with Crippen molar-refractivity contribution < 1.29 is 36.4 Å². The van der Waals surface area contributed by atoms with Gasteiger partial charge in [-0.15, -0.1) is 0 Å². The molecule has 1 aromatic carbocycles. The SMILES string of the molecule is CN(C[C@@H](NC(=O)N[C@H](C(=O)N1C[C@H]2[C@@H]([C@H]1C(=O)N[C@@H](CC(F)F)C(=O)NCCc1c(Cl)cccc1Cl)C2(C)C)C(C)(C)C)C(C)(C)C)S(C)(=O)=O. The summed E-state index contributed by atoms with van der Waals surface area (Å²) in [5, 5.41) is 11.5. The number of hydrogen-bond acceptors (Lipinski definition) is 6. The van der Waals surface area contributed by atoms with Crippen molar-refractivity contribution in [3.05, 3.63) is 33.8 Å². The molecule has 0 unspecified atom stereocenters. The molecule has 1 saturated heterocycles. The van der Waals surface area contributed by atoms with Gasteiger partial charge in [0.2, 0.25) is 34.2 Å². The zero-order valence-electron chi connectivity index (χ0n) is 31.6. The van der Waals surface area contributed by atoms with E-state index >= 15 is 0 Å². The second kappa shape index (κ2) is 16.3. The number of nitrogens with zero attached hydrogens (tertiary/aromatic N) is 2. The minimum absolute atomic E-state index is 0.0161. The van der Waals surface area contributed by atoms with Crippen molar-refractivity contribution in [2.75, 3.05) is 32.9 Å². The van der Waals surface area contributed by atoms with Crippen molar-refractivity contribution >= 4 is 57.0 Å². The average molecular weight is 796 g/mol. The minimum Gasteiger partial charge on any atom is -0.354 e. The summed E-state index contributed by atoms with van der Waals surface area (Å²) >= 11 is 12.4. The lowest BCUT2D eigenvalue weighted by Crippen LogP contribution is -2.62. The van der Waals surface area contributed by atoms with Gasteiger partial charge in [0, 0.05) is 49.2 Å². The number of sulfonamides is 1. The zero-order valence-corrected chi connectivity index (χ0v) is 33.9. The largest absolute Gasteiger partial charge is 0.354 e. The number of halogens is 4. The van der Waals surface area contributed by atoms with Gasteiger partial charge in [0.05, 0.1) is 6.26 Å². The Morgan fingerprint density at radius 3 is 2.08 bits per heavy atom. The Labute approximate surface area is 316 Å². The molecule has 0 radical (unpaired) electrons. The lowest BCUT2D eigenvalue weighted by Gasteiger charge is -2.39. The summed E-state index contributed by atoms with van der Waals surface area (Å²) in [5.74, 6) is -2.48. The number of rotatable bonds is 14. The molecule has 294 valence electrons. The number of likely N-dealkylation sites (tertiary alicyclic amines) is 1. The van der Waals surface area contributed by atoms with Gasteiger partial charge in [-0.2, -0.15) is 0 Å². The normalized spacial score (nSPS) is 21.6. The fraction of sp³-hybridized carbons (Fsp3) is 0.714. The van der Waals surface area contributed by atoms with Crippen LogP contribution in [0.1, 0.15) is 67.4 Å². The highest BCUT2D eigenvalue weighted by Gasteiger charge is 2.70. The number of likely N-dealkylation sites (N-methyl/N-ethyl adjacent to an activating group) is 1. The van der Waals surface area contributed by atoms with Gasteiger partial charge >= 0.3 is 6.03 Å². The molecule has 5 amide bonds. The Morgan fingerprint density at radius 1 is 1.00 bits per heavy atom. The summed E-state index contributed by atoms with van der Waals surface area (Å²) < 4.78 is 52.8. The van der Waals surface area contributed by atoms with Gasteiger partial charge in [-0.3, -0.25) is 14.4 Å². The second-order valence-corrected chi connectivity index (χ2v) is 19.6. The van der Waals surface area contributed by atoms with Crippen molar-refractivity contribution in [1.82, 2.24) is 30.5 Å². The van der Waals surface area contributed by atoms with E-state index < -0.39 is 81.6 Å². The molecule has 3 rings (SSSR count). The van der Waals surface area contributed by atoms with Crippen LogP contribution in [0.25, 0.3) is 0 Å². The van der Waals surface area contributed by atoms with Gasteiger partial charge in [-0.05, 0) is 52.2 Å². The van der Waals surface area contributed by atoms with Crippen LogP contribution in [0.5, 0.6) is 0 Å². The van der Waals surface area contributed by atoms with Crippen LogP contribution in [-0.2, 0) is 30.8 Å². The molecule has 1 heterocycles. The molecule has 6 atom stereocenters. The summed E-state index contributed by atoms with van der Waals surface area (Å²) in [4.78, 5) is 56.3. The number of alkyl halides is 2. The molecule has 0 spiro atoms. The standard InChI is InChI=1S/C35H54Cl2F2N6O6S/c1-33(2,3)24(18-44(9)52(10,50)51)42-32(49)43-28(34(4,5)6)31(48)45-17-20-26(35(20,7)8)27(45)30(47)41-23(16-25(38)39)29(46)40-15-14-19-21(36)12-11-13-22(19)37/h11-13,20,23-28H,14-18H2,1-10H3,(H,40,46)(H,41,47)(H2,42,43,49)/t20-,23-,24+,26-,27-,28+/m0/s1. The molecule has 1 aliphatic carbocycles. The first-order valence-electron chi connectivity index (χ1n) is 17.3. The van der Waals surface area contributed by atoms with E-state index in [0.717, 1.165) is 10.6 Å². The van der Waals surface area contributed by atoms with Crippen LogP contribution in [0.2, 0.25) is 10.0 Å². The summed E-state index contributed by atoms with van der Waals surface area (Å²) in [6.45, 7) is 14.9. The maximum absolute atomic E-state index is 14.3. The van der Waals surface area contributed by atoms with E-state index in [-0.39, 0.29) is 43.3 Å². The molecule has 12 nitrogen and oxygen atoms in total. The number of amides is 5. The lowest BCUT2D eigenvalue weighted by atomic mass is 9.85. The molecular weight excluding hydrogens is 741 g/mol. The summed E-state index contributed by atoms with van der Waals surface area (Å²) in [6, 6.07) is -0.189. The number of hydrogen-bond donors (Lipinski definition) is 4. The van der Waals surface area contributed by atoms with Gasteiger partial charge in [-0.1, -0.05) is 84.7 Å². The minimum atomic E-state index is -3.54. The van der Waals surface area contributed by atoms with E-state index in [1.54, 1.807) is 39.0 Å². The molecule has 1 saturated carbocycles. The van der Waals surface area contributed by atoms with Crippen molar-refractivity contribution in [2.24, 2.45) is 28.1 Å². The summed E-state index contributed by atoms with van der Waals surface area (Å²) in [6.07, 6.45) is -2.57. The van der Waals surface area contributed by atoms with Crippen LogP contribution in [0.3, 0.4) is 0 Å². The van der Waals surface area contributed by atoms with Crippen molar-refractivity contribution in [2.45, 2.75) is 98.8 Å². The summed E-state index contributed by atoms with van der Waals surface area (Å²) in [5.41, 5.74) is -1.17. The third kappa shape index (κ3) is 10.7. The molecule has 1 aromatic rings. The smallest absolute Gasteiger partial charge is 0.315 e. The quantitative estimate of drug-likeness (QED) is 0.220. The fourth-order valence-corrected chi connectivity index (χ4v) is 7.77. The maximum atomic E-state index is 14.3. The van der Waals surface area contributed by atoms with E-state index in [1.165, 1.54) is 11.9 Å². The molecule has 2 aliphatic rings. The number of fused-ring (bicyclic) bond motifs is 1. The number of urea groups is 1. The summed E-state index contributed by atoms with van der Waals surface area (Å²) in [7, 11) is -2.13. The first kappa shape index (κ1) is 43.7. The fourth-order valence-electron chi connectivity index (χ4n) is 6.76. The number of carbonyl (C=O) groups is 4. The van der Waals surface area contributed by atoms with E-state index in [1.807, 2.05) is 34.6 Å². The van der Waals surface area contributed by atoms with Gasteiger partial charge in [0.1, 0.15) is 18.1 Å². The predicted molar refractivity (Wildman–Crippen MR) is 198 cm³/mol. The van der Waals surface area contributed by atoms with Crippen LogP contribution in [0, 0.1) is 28.1 Å². The molecule has 17 heteroatoms. The zero-order chi connectivity index (χ0) is 39.7. The predicted octanol–water partition coefficient (Wildman–Crippen LogP) is 4.30. The molecule has 2 fully saturated rings. The highest BCUT2D eigenvalue weighted by atomic mass is 35.5. The third-order valence-corrected chi connectivity index (χ3v) is 12.3. The Balaban J connectivity index is 1.81. The first-order valence-corrected chi connectivity index (χ1v) is 19.9. The van der Waals surface area contributed by atoms with Crippen LogP contribution >= 0.6 is 23.2 Å². The third-order valence-electron chi connectivity index (χ3n) is 10.3. The van der Waals surface area contributed by atoms with Crippen LogP contribution < -0.4 is 21.3 Å². The monoisotopic (exact) mass is 794 g/mol. The molecular formula is C35H54Cl2F2N6O6S. The first-order chi connectivity index (χ1) is 23.7. The Morgan fingerprint density at radius 2 is 1.58 bits per heavy atom. The maximum Gasteiger partial charge on any atom is 0.315 e. The number of benzene rings is 1. The molecule has 1 aliphatic heterocycles.